The van der Waals surface area contributed by atoms with Gasteiger partial charge >= 0.3 is 0 Å². The van der Waals surface area contributed by atoms with Gasteiger partial charge in [-0.3, -0.25) is 9.69 Å². The summed E-state index contributed by atoms with van der Waals surface area (Å²) in [5.41, 5.74) is 0.629. The molecule has 1 aromatic rings. The number of carbonyl (C=O) groups excluding carboxylic acids is 1. The molecule has 104 valence electrons. The van der Waals surface area contributed by atoms with Crippen molar-refractivity contribution in [3.63, 3.8) is 0 Å². The maximum atomic E-state index is 13.3. The van der Waals surface area contributed by atoms with Crippen molar-refractivity contribution >= 4 is 17.4 Å². The Morgan fingerprint density at radius 3 is 3.05 bits per heavy atom. The molecule has 1 aromatic carbocycles. The third-order valence-electron chi connectivity index (χ3n) is 3.32. The van der Waals surface area contributed by atoms with Crippen molar-refractivity contribution in [2.24, 2.45) is 0 Å². The quantitative estimate of drug-likeness (QED) is 0.850. The molecule has 0 spiro atoms. The van der Waals surface area contributed by atoms with Gasteiger partial charge in [0.2, 0.25) is 0 Å². The van der Waals surface area contributed by atoms with E-state index in [1.165, 1.54) is 12.1 Å². The van der Waals surface area contributed by atoms with E-state index in [0.29, 0.717) is 18.7 Å². The van der Waals surface area contributed by atoms with Gasteiger partial charge in [-0.1, -0.05) is 24.6 Å². The van der Waals surface area contributed by atoms with Crippen LogP contribution in [0.4, 0.5) is 4.39 Å². The Hall–Kier alpha value is -0.970. The number of hydrogen-bond acceptors (Lipinski definition) is 3. The summed E-state index contributed by atoms with van der Waals surface area (Å²) in [4.78, 5) is 14.3. The van der Waals surface area contributed by atoms with Crippen LogP contribution in [0.5, 0.6) is 0 Å². The molecule has 0 bridgehead atoms. The molecule has 0 N–H and O–H groups in total. The van der Waals surface area contributed by atoms with Crippen LogP contribution in [0.25, 0.3) is 0 Å². The fourth-order valence-corrected chi connectivity index (χ4v) is 2.27. The third kappa shape index (κ3) is 3.75. The Labute approximate surface area is 117 Å². The van der Waals surface area contributed by atoms with Crippen LogP contribution in [0.2, 0.25) is 5.02 Å². The molecular formula is C14H17ClFNO2. The predicted molar refractivity (Wildman–Crippen MR) is 72.0 cm³/mol. The summed E-state index contributed by atoms with van der Waals surface area (Å²) in [5.74, 6) is -0.508. The van der Waals surface area contributed by atoms with Crippen LogP contribution in [-0.2, 0) is 16.0 Å². The van der Waals surface area contributed by atoms with E-state index in [0.717, 1.165) is 13.1 Å². The molecule has 1 saturated heterocycles. The van der Waals surface area contributed by atoms with Crippen LogP contribution >= 0.6 is 11.6 Å². The van der Waals surface area contributed by atoms with Gasteiger partial charge in [0, 0.05) is 19.5 Å². The zero-order valence-corrected chi connectivity index (χ0v) is 11.6. The van der Waals surface area contributed by atoms with E-state index < -0.39 is 11.9 Å². The SMILES string of the molecule is CCN1CCOC(C(=O)Cc2ccc(Cl)c(F)c2)C1. The first kappa shape index (κ1) is 14.4. The molecule has 5 heteroatoms. The third-order valence-corrected chi connectivity index (χ3v) is 3.63. The van der Waals surface area contributed by atoms with E-state index in [-0.39, 0.29) is 17.2 Å². The largest absolute Gasteiger partial charge is 0.368 e. The monoisotopic (exact) mass is 285 g/mol. The average Bonchev–Trinajstić information content (AvgIpc) is 2.43. The Morgan fingerprint density at radius 1 is 1.58 bits per heavy atom. The maximum Gasteiger partial charge on any atom is 0.167 e. The highest BCUT2D eigenvalue weighted by Gasteiger charge is 2.25. The minimum Gasteiger partial charge on any atom is -0.368 e. The van der Waals surface area contributed by atoms with Gasteiger partial charge in [-0.05, 0) is 24.2 Å². The molecule has 0 aromatic heterocycles. The fraction of sp³-hybridized carbons (Fsp3) is 0.500. The van der Waals surface area contributed by atoms with Gasteiger partial charge in [-0.2, -0.15) is 0 Å². The summed E-state index contributed by atoms with van der Waals surface area (Å²) in [6.07, 6.45) is -0.233. The Morgan fingerprint density at radius 2 is 2.37 bits per heavy atom. The van der Waals surface area contributed by atoms with Crippen molar-refractivity contribution in [1.29, 1.82) is 0 Å². The molecule has 19 heavy (non-hydrogen) atoms. The number of likely N-dealkylation sites (N-methyl/N-ethyl adjacent to an activating group) is 1. The van der Waals surface area contributed by atoms with Crippen molar-refractivity contribution in [3.8, 4) is 0 Å². The van der Waals surface area contributed by atoms with Crippen molar-refractivity contribution in [3.05, 3.63) is 34.6 Å². The number of benzene rings is 1. The van der Waals surface area contributed by atoms with Crippen LogP contribution in [0, 0.1) is 5.82 Å². The average molecular weight is 286 g/mol. The zero-order chi connectivity index (χ0) is 13.8. The number of Topliss-reactive ketones (excluding diaryl/α,β-unsaturated/α-hetero) is 1. The molecule has 2 rings (SSSR count). The van der Waals surface area contributed by atoms with Crippen LogP contribution < -0.4 is 0 Å². The second-order valence-electron chi connectivity index (χ2n) is 4.64. The molecule has 0 saturated carbocycles. The maximum absolute atomic E-state index is 13.3. The van der Waals surface area contributed by atoms with Gasteiger partial charge < -0.3 is 4.74 Å². The minimum absolute atomic E-state index is 0.0140. The summed E-state index contributed by atoms with van der Waals surface area (Å²) in [7, 11) is 0. The van der Waals surface area contributed by atoms with Gasteiger partial charge in [-0.15, -0.1) is 0 Å². The lowest BCUT2D eigenvalue weighted by molar-refractivity contribution is -0.135. The standard InChI is InChI=1S/C14H17ClFNO2/c1-2-17-5-6-19-14(9-17)13(18)8-10-3-4-11(15)12(16)7-10/h3-4,7,14H,2,5-6,8-9H2,1H3. The van der Waals surface area contributed by atoms with E-state index in [9.17, 15) is 9.18 Å². The molecular weight excluding hydrogens is 269 g/mol. The van der Waals surface area contributed by atoms with E-state index in [1.54, 1.807) is 6.07 Å². The van der Waals surface area contributed by atoms with E-state index in [2.05, 4.69) is 11.8 Å². The molecule has 1 unspecified atom stereocenters. The number of rotatable bonds is 4. The second-order valence-corrected chi connectivity index (χ2v) is 5.05. The number of halogens is 2. The highest BCUT2D eigenvalue weighted by atomic mass is 35.5. The number of carbonyl (C=O) groups is 1. The minimum atomic E-state index is -0.494. The van der Waals surface area contributed by atoms with E-state index in [1.807, 2.05) is 0 Å². The van der Waals surface area contributed by atoms with Crippen molar-refractivity contribution in [2.45, 2.75) is 19.4 Å². The molecule has 0 radical (unpaired) electrons. The number of ketones is 1. The highest BCUT2D eigenvalue weighted by molar-refractivity contribution is 6.30. The van der Waals surface area contributed by atoms with Crippen LogP contribution in [-0.4, -0.2) is 43.0 Å². The van der Waals surface area contributed by atoms with Crippen LogP contribution in [0.15, 0.2) is 18.2 Å². The predicted octanol–water partition coefficient (Wildman–Crippen LogP) is 2.31. The number of morpholine rings is 1. The fourth-order valence-electron chi connectivity index (χ4n) is 2.15. The summed E-state index contributed by atoms with van der Waals surface area (Å²) >= 11 is 5.61. The van der Waals surface area contributed by atoms with Crippen LogP contribution in [0.1, 0.15) is 12.5 Å². The molecule has 1 fully saturated rings. The van der Waals surface area contributed by atoms with Crippen LogP contribution in [0.3, 0.4) is 0 Å². The molecule has 1 aliphatic rings. The lowest BCUT2D eigenvalue weighted by Gasteiger charge is -2.31. The molecule has 1 heterocycles. The normalized spacial score (nSPS) is 20.5. The van der Waals surface area contributed by atoms with Gasteiger partial charge in [0.25, 0.3) is 0 Å². The number of nitrogens with zero attached hydrogens (tertiary/aromatic N) is 1. The Balaban J connectivity index is 1.98. The first-order chi connectivity index (χ1) is 9.10. The topological polar surface area (TPSA) is 29.5 Å². The number of ether oxygens (including phenoxy) is 1. The molecule has 1 atom stereocenters. The second kappa shape index (κ2) is 6.46. The van der Waals surface area contributed by atoms with Crippen molar-refractivity contribution < 1.29 is 13.9 Å². The lowest BCUT2D eigenvalue weighted by Crippen LogP contribution is -2.46. The van der Waals surface area contributed by atoms with E-state index in [4.69, 9.17) is 16.3 Å². The van der Waals surface area contributed by atoms with E-state index >= 15 is 0 Å². The Kier molecular flexibility index (Phi) is 4.91. The van der Waals surface area contributed by atoms with Gasteiger partial charge in [0.15, 0.2) is 5.78 Å². The highest BCUT2D eigenvalue weighted by Crippen LogP contribution is 2.17. The molecule has 0 aliphatic carbocycles. The van der Waals surface area contributed by atoms with Crippen molar-refractivity contribution in [2.75, 3.05) is 26.2 Å². The Bertz CT molecular complexity index is 467. The molecule has 0 amide bonds. The molecule has 1 aliphatic heterocycles. The lowest BCUT2D eigenvalue weighted by atomic mass is 10.0. The summed E-state index contributed by atoms with van der Waals surface area (Å²) in [5, 5.41) is 0.0715. The van der Waals surface area contributed by atoms with Gasteiger partial charge in [-0.25, -0.2) is 4.39 Å². The van der Waals surface area contributed by atoms with Gasteiger partial charge in [0.1, 0.15) is 11.9 Å². The summed E-state index contributed by atoms with van der Waals surface area (Å²) in [6.45, 7) is 5.00. The van der Waals surface area contributed by atoms with Gasteiger partial charge in [0.05, 0.1) is 11.6 Å². The number of hydrogen-bond donors (Lipinski definition) is 0. The first-order valence-corrected chi connectivity index (χ1v) is 6.78. The molecule has 3 nitrogen and oxygen atoms in total. The van der Waals surface area contributed by atoms with Crippen molar-refractivity contribution in [1.82, 2.24) is 4.90 Å². The zero-order valence-electron chi connectivity index (χ0n) is 10.9. The summed E-state index contributed by atoms with van der Waals surface area (Å²) < 4.78 is 18.8. The smallest absolute Gasteiger partial charge is 0.167 e. The first-order valence-electron chi connectivity index (χ1n) is 6.40. The summed E-state index contributed by atoms with van der Waals surface area (Å²) in [6, 6.07) is 4.45.